The van der Waals surface area contributed by atoms with Crippen molar-refractivity contribution in [3.63, 3.8) is 0 Å². The minimum Gasteiger partial charge on any atom is -0.330 e. The second-order valence-electron chi connectivity index (χ2n) is 5.07. The minimum absolute atomic E-state index is 0.580. The summed E-state index contributed by atoms with van der Waals surface area (Å²) < 4.78 is 1.67. The maximum atomic E-state index is 9.15. The molecule has 25 heavy (non-hydrogen) atoms. The van der Waals surface area contributed by atoms with Crippen LogP contribution in [0.15, 0.2) is 61.4 Å². The fourth-order valence-electron chi connectivity index (χ4n) is 2.32. The second-order valence-corrected chi connectivity index (χ2v) is 6.05. The van der Waals surface area contributed by atoms with E-state index in [0.29, 0.717) is 10.7 Å². The summed E-state index contributed by atoms with van der Waals surface area (Å²) in [6.45, 7) is 0. The Balaban J connectivity index is 1.80. The molecule has 7 nitrogen and oxygen atoms in total. The topological polar surface area (TPSA) is 92.3 Å². The first-order chi connectivity index (χ1) is 12.3. The maximum Gasteiger partial charge on any atom is 0.189 e. The molecule has 4 rings (SSSR count). The fourth-order valence-corrected chi connectivity index (χ4v) is 3.26. The largest absolute Gasteiger partial charge is 0.330 e. The normalized spacial score (nSPS) is 10.4. The second kappa shape index (κ2) is 6.51. The summed E-state index contributed by atoms with van der Waals surface area (Å²) in [4.78, 5) is 12.8. The third-order valence-electron chi connectivity index (χ3n) is 3.41. The Hall–Kier alpha value is -3.57. The van der Waals surface area contributed by atoms with Gasteiger partial charge in [-0.25, -0.2) is 14.6 Å². The Labute approximate surface area is 147 Å². The van der Waals surface area contributed by atoms with Crippen LogP contribution in [0.1, 0.15) is 5.56 Å². The van der Waals surface area contributed by atoms with Crippen molar-refractivity contribution in [2.24, 2.45) is 0 Å². The highest BCUT2D eigenvalue weighted by atomic mass is 32.1. The van der Waals surface area contributed by atoms with E-state index in [4.69, 9.17) is 5.26 Å². The van der Waals surface area contributed by atoms with Crippen molar-refractivity contribution < 1.29 is 0 Å². The molecule has 120 valence electrons. The van der Waals surface area contributed by atoms with Gasteiger partial charge in [-0.2, -0.15) is 10.4 Å². The minimum atomic E-state index is 0.580. The average molecular weight is 345 g/mol. The van der Waals surface area contributed by atoms with Crippen LogP contribution < -0.4 is 5.32 Å². The molecule has 0 saturated heterocycles. The van der Waals surface area contributed by atoms with Gasteiger partial charge in [-0.05, 0) is 24.3 Å². The summed E-state index contributed by atoms with van der Waals surface area (Å²) in [5.74, 6) is 0. The molecule has 3 heterocycles. The zero-order valence-electron chi connectivity index (χ0n) is 12.9. The van der Waals surface area contributed by atoms with Crippen molar-refractivity contribution in [2.45, 2.75) is 0 Å². The van der Waals surface area contributed by atoms with Gasteiger partial charge in [0, 0.05) is 11.8 Å². The number of nitriles is 1. The molecule has 8 heteroatoms. The molecule has 1 aromatic carbocycles. The highest BCUT2D eigenvalue weighted by Gasteiger charge is 2.16. The highest BCUT2D eigenvalue weighted by molar-refractivity contribution is 7.18. The van der Waals surface area contributed by atoms with Crippen LogP contribution in [-0.2, 0) is 0 Å². The van der Waals surface area contributed by atoms with Crippen LogP contribution in [0.3, 0.4) is 0 Å². The predicted molar refractivity (Wildman–Crippen MR) is 94.7 cm³/mol. The lowest BCUT2D eigenvalue weighted by molar-refractivity contribution is 0.895. The van der Waals surface area contributed by atoms with Gasteiger partial charge in [-0.15, -0.1) is 0 Å². The highest BCUT2D eigenvalue weighted by Crippen LogP contribution is 2.35. The van der Waals surface area contributed by atoms with E-state index in [1.54, 1.807) is 29.5 Å². The molecule has 0 aliphatic rings. The van der Waals surface area contributed by atoms with Crippen LogP contribution >= 0.6 is 11.3 Å². The van der Waals surface area contributed by atoms with Gasteiger partial charge in [0.2, 0.25) is 0 Å². The van der Waals surface area contributed by atoms with E-state index in [0.717, 1.165) is 21.9 Å². The average Bonchev–Trinajstić information content (AvgIpc) is 3.32. The molecule has 0 saturated carbocycles. The number of nitrogens with one attached hydrogen (secondary N) is 1. The van der Waals surface area contributed by atoms with Crippen molar-refractivity contribution in [1.82, 2.24) is 24.7 Å². The molecular weight excluding hydrogens is 334 g/mol. The first-order valence-electron chi connectivity index (χ1n) is 7.37. The fraction of sp³-hybridized carbons (Fsp3) is 0. The van der Waals surface area contributed by atoms with Crippen molar-refractivity contribution in [2.75, 3.05) is 5.32 Å². The van der Waals surface area contributed by atoms with Gasteiger partial charge < -0.3 is 5.32 Å². The van der Waals surface area contributed by atoms with E-state index in [1.807, 2.05) is 30.3 Å². The van der Waals surface area contributed by atoms with E-state index < -0.39 is 0 Å². The van der Waals surface area contributed by atoms with E-state index in [-0.39, 0.29) is 0 Å². The van der Waals surface area contributed by atoms with Crippen LogP contribution in [0.4, 0.5) is 10.8 Å². The Morgan fingerprint density at radius 3 is 2.88 bits per heavy atom. The third kappa shape index (κ3) is 3.08. The summed E-state index contributed by atoms with van der Waals surface area (Å²) in [7, 11) is 0. The molecule has 0 atom stereocenters. The molecule has 0 amide bonds. The number of aromatic nitrogens is 5. The smallest absolute Gasteiger partial charge is 0.189 e. The Morgan fingerprint density at radius 1 is 1.16 bits per heavy atom. The number of benzene rings is 1. The van der Waals surface area contributed by atoms with E-state index in [9.17, 15) is 0 Å². The number of nitrogens with zero attached hydrogens (tertiary/aromatic N) is 6. The van der Waals surface area contributed by atoms with Crippen LogP contribution in [0.2, 0.25) is 0 Å². The molecule has 0 aliphatic carbocycles. The van der Waals surface area contributed by atoms with Crippen molar-refractivity contribution in [3.05, 3.63) is 67.0 Å². The Bertz CT molecular complexity index is 1030. The number of hydrogen-bond acceptors (Lipinski definition) is 7. The summed E-state index contributed by atoms with van der Waals surface area (Å²) in [6.07, 6.45) is 6.54. The van der Waals surface area contributed by atoms with Gasteiger partial charge in [-0.1, -0.05) is 23.5 Å². The first kappa shape index (κ1) is 15.0. The van der Waals surface area contributed by atoms with Crippen molar-refractivity contribution in [1.29, 1.82) is 5.26 Å². The molecule has 0 fully saturated rings. The third-order valence-corrected chi connectivity index (χ3v) is 4.37. The summed E-state index contributed by atoms with van der Waals surface area (Å²) in [6, 6.07) is 13.3. The number of rotatable bonds is 4. The first-order valence-corrected chi connectivity index (χ1v) is 8.18. The molecule has 0 unspecified atom stereocenters. The monoisotopic (exact) mass is 345 g/mol. The van der Waals surface area contributed by atoms with Crippen LogP contribution in [-0.4, -0.2) is 24.7 Å². The van der Waals surface area contributed by atoms with Gasteiger partial charge in [-0.3, -0.25) is 4.98 Å². The van der Waals surface area contributed by atoms with Crippen molar-refractivity contribution in [3.8, 4) is 22.3 Å². The van der Waals surface area contributed by atoms with Gasteiger partial charge in [0.15, 0.2) is 5.13 Å². The molecule has 3 aromatic heterocycles. The number of hydrogen-bond donors (Lipinski definition) is 1. The van der Waals surface area contributed by atoms with Gasteiger partial charge in [0.1, 0.15) is 23.3 Å². The summed E-state index contributed by atoms with van der Waals surface area (Å²) >= 11 is 1.45. The van der Waals surface area contributed by atoms with Gasteiger partial charge in [0.25, 0.3) is 0 Å². The maximum absolute atomic E-state index is 9.15. The zero-order chi connectivity index (χ0) is 17.1. The van der Waals surface area contributed by atoms with Crippen LogP contribution in [0.25, 0.3) is 16.3 Å². The van der Waals surface area contributed by atoms with Gasteiger partial charge >= 0.3 is 0 Å². The SMILES string of the molecule is N#Cc1cccc(-c2nc(Nc3cccnc3)sc2-n2cncn2)c1. The van der Waals surface area contributed by atoms with Gasteiger partial charge in [0.05, 0.1) is 23.5 Å². The molecule has 0 spiro atoms. The standard InChI is InChI=1S/C17H11N7S/c18-8-12-3-1-4-13(7-12)15-16(24-11-20-10-21-24)25-17(23-15)22-14-5-2-6-19-9-14/h1-7,9-11H,(H,22,23). The lowest BCUT2D eigenvalue weighted by Gasteiger charge is -2.02. The Morgan fingerprint density at radius 2 is 2.12 bits per heavy atom. The number of thiazole rings is 1. The van der Waals surface area contributed by atoms with E-state index in [1.165, 1.54) is 17.7 Å². The Kier molecular flexibility index (Phi) is 3.90. The molecular formula is C17H11N7S. The number of pyridine rings is 1. The lowest BCUT2D eigenvalue weighted by atomic mass is 10.1. The van der Waals surface area contributed by atoms with Crippen molar-refractivity contribution >= 4 is 22.2 Å². The number of anilines is 2. The molecule has 0 bridgehead atoms. The molecule has 4 aromatic rings. The molecule has 0 radical (unpaired) electrons. The summed E-state index contributed by atoms with van der Waals surface area (Å²) in [5.41, 5.74) is 3.01. The lowest BCUT2D eigenvalue weighted by Crippen LogP contribution is -1.94. The summed E-state index contributed by atoms with van der Waals surface area (Å²) in [5, 5.41) is 18.1. The predicted octanol–water partition coefficient (Wildman–Crippen LogP) is 3.40. The van der Waals surface area contributed by atoms with E-state index in [2.05, 4.69) is 31.4 Å². The van der Waals surface area contributed by atoms with Crippen LogP contribution in [0.5, 0.6) is 0 Å². The zero-order valence-corrected chi connectivity index (χ0v) is 13.7. The van der Waals surface area contributed by atoms with Crippen LogP contribution in [0, 0.1) is 11.3 Å². The molecule has 0 aliphatic heterocycles. The van der Waals surface area contributed by atoms with E-state index >= 15 is 0 Å². The quantitative estimate of drug-likeness (QED) is 0.609. The molecule has 1 N–H and O–H groups in total.